The summed E-state index contributed by atoms with van der Waals surface area (Å²) in [5.41, 5.74) is 0. The highest BCUT2D eigenvalue weighted by Crippen LogP contribution is 2.26. The Balaban J connectivity index is 2.58. The zero-order valence-corrected chi connectivity index (χ0v) is 7.34. The van der Waals surface area contributed by atoms with Crippen molar-refractivity contribution in [3.05, 3.63) is 0 Å². The molecule has 4 heteroatoms. The maximum atomic E-state index is 9.39. The smallest absolute Gasteiger partial charge is 0.183 e. The van der Waals surface area contributed by atoms with Crippen LogP contribution in [-0.2, 0) is 4.74 Å². The van der Waals surface area contributed by atoms with Gasteiger partial charge in [0, 0.05) is 0 Å². The van der Waals surface area contributed by atoms with E-state index in [2.05, 4.69) is 0 Å². The lowest BCUT2D eigenvalue weighted by molar-refractivity contribution is -0.134. The first-order valence-corrected chi connectivity index (χ1v) is 4.27. The van der Waals surface area contributed by atoms with Gasteiger partial charge in [0.15, 0.2) is 6.29 Å². The molecule has 0 aromatic heterocycles. The molecule has 0 radical (unpaired) electrons. The molecule has 4 nitrogen and oxygen atoms in total. The molecule has 2 unspecified atom stereocenters. The molecule has 1 fully saturated rings. The molecule has 0 aliphatic carbocycles. The molecule has 1 aliphatic heterocycles. The van der Waals surface area contributed by atoms with Gasteiger partial charge >= 0.3 is 0 Å². The second kappa shape index (κ2) is 3.70. The van der Waals surface area contributed by atoms with E-state index in [1.807, 2.05) is 13.8 Å². The van der Waals surface area contributed by atoms with Crippen LogP contribution in [0.5, 0.6) is 0 Å². The van der Waals surface area contributed by atoms with Gasteiger partial charge in [0.05, 0.1) is 6.10 Å². The fraction of sp³-hybridized carbons (Fsp3) is 1.00. The van der Waals surface area contributed by atoms with Gasteiger partial charge in [-0.05, 0) is 5.92 Å². The average Bonchev–Trinajstić information content (AvgIpc) is 2.32. The molecule has 1 saturated heterocycles. The van der Waals surface area contributed by atoms with Crippen molar-refractivity contribution < 1.29 is 20.1 Å². The molecule has 0 aromatic carbocycles. The largest absolute Gasteiger partial charge is 0.387 e. The number of aliphatic hydroxyl groups excluding tert-OH is 3. The monoisotopic (exact) mass is 176 g/mol. The quantitative estimate of drug-likeness (QED) is 0.529. The van der Waals surface area contributed by atoms with E-state index in [0.29, 0.717) is 0 Å². The van der Waals surface area contributed by atoms with Crippen molar-refractivity contribution in [1.29, 1.82) is 0 Å². The van der Waals surface area contributed by atoms with Crippen LogP contribution in [0.4, 0.5) is 0 Å². The lowest BCUT2D eigenvalue weighted by atomic mass is 9.96. The Bertz CT molecular complexity index is 150. The minimum atomic E-state index is -1.24. The molecule has 72 valence electrons. The molecule has 0 aromatic rings. The van der Waals surface area contributed by atoms with Gasteiger partial charge in [-0.15, -0.1) is 0 Å². The van der Waals surface area contributed by atoms with Gasteiger partial charge in [-0.2, -0.15) is 0 Å². The first-order valence-electron chi connectivity index (χ1n) is 4.27. The van der Waals surface area contributed by atoms with Gasteiger partial charge in [0.25, 0.3) is 0 Å². The predicted molar refractivity (Wildman–Crippen MR) is 42.3 cm³/mol. The Labute approximate surface area is 71.8 Å². The summed E-state index contributed by atoms with van der Waals surface area (Å²) in [6.07, 6.45) is -2.96. The van der Waals surface area contributed by atoms with Crippen LogP contribution < -0.4 is 0 Å². The van der Waals surface area contributed by atoms with Gasteiger partial charge in [0.1, 0.15) is 12.2 Å². The third-order valence-corrected chi connectivity index (χ3v) is 2.48. The lowest BCUT2D eigenvalue weighted by Crippen LogP contribution is -2.35. The van der Waals surface area contributed by atoms with Gasteiger partial charge in [-0.25, -0.2) is 0 Å². The van der Waals surface area contributed by atoms with E-state index < -0.39 is 24.6 Å². The second-order valence-electron chi connectivity index (χ2n) is 3.36. The molecule has 12 heavy (non-hydrogen) atoms. The Morgan fingerprint density at radius 1 is 1.25 bits per heavy atom. The third-order valence-electron chi connectivity index (χ3n) is 2.48. The molecular formula is C8H16O4. The Hall–Kier alpha value is -0.160. The fourth-order valence-corrected chi connectivity index (χ4v) is 1.39. The topological polar surface area (TPSA) is 69.9 Å². The van der Waals surface area contributed by atoms with E-state index in [9.17, 15) is 5.11 Å². The average molecular weight is 176 g/mol. The van der Waals surface area contributed by atoms with Crippen LogP contribution in [0.15, 0.2) is 0 Å². The Morgan fingerprint density at radius 3 is 2.17 bits per heavy atom. The van der Waals surface area contributed by atoms with E-state index >= 15 is 0 Å². The van der Waals surface area contributed by atoms with Crippen LogP contribution in [0.3, 0.4) is 0 Å². The van der Waals surface area contributed by atoms with Crippen LogP contribution in [-0.4, -0.2) is 39.9 Å². The van der Waals surface area contributed by atoms with Crippen molar-refractivity contribution in [2.75, 3.05) is 0 Å². The Morgan fingerprint density at radius 2 is 1.83 bits per heavy atom. The second-order valence-corrected chi connectivity index (χ2v) is 3.36. The summed E-state index contributed by atoms with van der Waals surface area (Å²) in [4.78, 5) is 0. The van der Waals surface area contributed by atoms with Crippen LogP contribution >= 0.6 is 0 Å². The van der Waals surface area contributed by atoms with Crippen LogP contribution in [0.25, 0.3) is 0 Å². The highest BCUT2D eigenvalue weighted by molar-refractivity contribution is 4.88. The van der Waals surface area contributed by atoms with Crippen LogP contribution in [0.1, 0.15) is 20.3 Å². The standard InChI is InChI=1S/C8H16O4/c1-3-4(2)7-5(9)6(10)8(11)12-7/h4-11H,3H2,1-2H3/t4?,5-,6-,7-,8?/m1/s1. The van der Waals surface area contributed by atoms with Crippen LogP contribution in [0.2, 0.25) is 0 Å². The molecule has 0 spiro atoms. The summed E-state index contributed by atoms with van der Waals surface area (Å²) in [5.74, 6) is 0.145. The van der Waals surface area contributed by atoms with Crippen molar-refractivity contribution in [3.63, 3.8) is 0 Å². The van der Waals surface area contributed by atoms with Gasteiger partial charge in [-0.1, -0.05) is 20.3 Å². The van der Waals surface area contributed by atoms with E-state index in [0.717, 1.165) is 6.42 Å². The predicted octanol–water partition coefficient (Wildman–Crippen LogP) is -0.528. The zero-order chi connectivity index (χ0) is 9.30. The molecule has 0 amide bonds. The molecule has 5 atom stereocenters. The summed E-state index contributed by atoms with van der Waals surface area (Å²) < 4.78 is 4.99. The Kier molecular flexibility index (Phi) is 3.06. The number of ether oxygens (including phenoxy) is 1. The number of hydrogen-bond donors (Lipinski definition) is 3. The summed E-state index contributed by atoms with van der Waals surface area (Å²) in [6, 6.07) is 0. The first-order chi connectivity index (χ1) is 5.57. The van der Waals surface area contributed by atoms with Crippen molar-refractivity contribution in [2.24, 2.45) is 5.92 Å². The van der Waals surface area contributed by atoms with E-state index in [1.165, 1.54) is 0 Å². The van der Waals surface area contributed by atoms with Crippen molar-refractivity contribution >= 4 is 0 Å². The van der Waals surface area contributed by atoms with Crippen LogP contribution in [0, 0.1) is 5.92 Å². The molecule has 1 aliphatic rings. The number of hydrogen-bond acceptors (Lipinski definition) is 4. The van der Waals surface area contributed by atoms with Crippen molar-refractivity contribution in [3.8, 4) is 0 Å². The minimum Gasteiger partial charge on any atom is -0.387 e. The fourth-order valence-electron chi connectivity index (χ4n) is 1.39. The number of aliphatic hydroxyl groups is 3. The van der Waals surface area contributed by atoms with Crippen molar-refractivity contribution in [1.82, 2.24) is 0 Å². The SMILES string of the molecule is CCC(C)[C@H]1OC(O)[C@H](O)[C@H]1O. The molecule has 0 bridgehead atoms. The lowest BCUT2D eigenvalue weighted by Gasteiger charge is -2.19. The van der Waals surface area contributed by atoms with Gasteiger partial charge in [0.2, 0.25) is 0 Å². The molecule has 1 heterocycles. The minimum absolute atomic E-state index is 0.145. The highest BCUT2D eigenvalue weighted by atomic mass is 16.6. The molecular weight excluding hydrogens is 160 g/mol. The maximum absolute atomic E-state index is 9.39. The summed E-state index contributed by atoms with van der Waals surface area (Å²) >= 11 is 0. The van der Waals surface area contributed by atoms with E-state index in [-0.39, 0.29) is 5.92 Å². The zero-order valence-electron chi connectivity index (χ0n) is 7.34. The summed E-state index contributed by atoms with van der Waals surface area (Å²) in [7, 11) is 0. The van der Waals surface area contributed by atoms with E-state index in [4.69, 9.17) is 14.9 Å². The third kappa shape index (κ3) is 1.61. The molecule has 1 rings (SSSR count). The number of rotatable bonds is 2. The first kappa shape index (κ1) is 9.92. The summed E-state index contributed by atoms with van der Waals surface area (Å²) in [6.45, 7) is 3.89. The van der Waals surface area contributed by atoms with Crippen molar-refractivity contribution in [2.45, 2.75) is 44.9 Å². The van der Waals surface area contributed by atoms with Gasteiger partial charge in [-0.3, -0.25) is 0 Å². The van der Waals surface area contributed by atoms with E-state index in [1.54, 1.807) is 0 Å². The summed E-state index contributed by atoms with van der Waals surface area (Å²) in [5, 5.41) is 27.6. The highest BCUT2D eigenvalue weighted by Gasteiger charge is 2.43. The normalized spacial score (nSPS) is 44.8. The molecule has 3 N–H and O–H groups in total. The molecule has 0 saturated carbocycles. The maximum Gasteiger partial charge on any atom is 0.183 e. The van der Waals surface area contributed by atoms with Gasteiger partial charge < -0.3 is 20.1 Å².